The highest BCUT2D eigenvalue weighted by Gasteiger charge is 2.21. The number of para-hydroxylation sites is 1. The van der Waals surface area contributed by atoms with Crippen LogP contribution in [0.15, 0.2) is 42.5 Å². The second kappa shape index (κ2) is 6.22. The Balaban J connectivity index is 1.70. The van der Waals surface area contributed by atoms with E-state index in [9.17, 15) is 8.78 Å². The van der Waals surface area contributed by atoms with Crippen molar-refractivity contribution in [1.29, 1.82) is 0 Å². The van der Waals surface area contributed by atoms with E-state index in [2.05, 4.69) is 5.32 Å². The van der Waals surface area contributed by atoms with Crippen LogP contribution in [0.2, 0.25) is 0 Å². The molecule has 1 aliphatic carbocycles. The van der Waals surface area contributed by atoms with Gasteiger partial charge in [-0.25, -0.2) is 8.78 Å². The first-order valence-corrected chi connectivity index (χ1v) is 7.10. The molecule has 0 saturated heterocycles. The van der Waals surface area contributed by atoms with E-state index in [1.54, 1.807) is 18.2 Å². The summed E-state index contributed by atoms with van der Waals surface area (Å²) in [5.74, 6) is -0.461. The highest BCUT2D eigenvalue weighted by Crippen LogP contribution is 2.26. The zero-order chi connectivity index (χ0) is 14.7. The van der Waals surface area contributed by atoms with Crippen molar-refractivity contribution in [2.75, 3.05) is 0 Å². The van der Waals surface area contributed by atoms with Gasteiger partial charge in [0.2, 0.25) is 0 Å². The van der Waals surface area contributed by atoms with Gasteiger partial charge >= 0.3 is 0 Å². The fraction of sp³-hybridized carbons (Fsp3) is 0.294. The van der Waals surface area contributed by atoms with Crippen molar-refractivity contribution >= 4 is 0 Å². The number of nitrogens with one attached hydrogen (secondary N) is 1. The van der Waals surface area contributed by atoms with Gasteiger partial charge in [-0.15, -0.1) is 0 Å². The van der Waals surface area contributed by atoms with Crippen LogP contribution in [-0.2, 0) is 13.2 Å². The summed E-state index contributed by atoms with van der Waals surface area (Å²) in [4.78, 5) is 0. The second-order valence-electron chi connectivity index (χ2n) is 5.30. The second-order valence-corrected chi connectivity index (χ2v) is 5.30. The predicted octanol–water partition coefficient (Wildman–Crippen LogP) is 3.80. The van der Waals surface area contributed by atoms with Crippen molar-refractivity contribution in [2.24, 2.45) is 0 Å². The van der Waals surface area contributed by atoms with Crippen molar-refractivity contribution < 1.29 is 13.5 Å². The minimum absolute atomic E-state index is 0.148. The first-order valence-electron chi connectivity index (χ1n) is 7.10. The number of ether oxygens (including phenoxy) is 1. The highest BCUT2D eigenvalue weighted by molar-refractivity contribution is 5.35. The van der Waals surface area contributed by atoms with Gasteiger partial charge in [0.05, 0.1) is 0 Å². The molecule has 0 heterocycles. The van der Waals surface area contributed by atoms with Crippen LogP contribution in [0.25, 0.3) is 0 Å². The Kier molecular flexibility index (Phi) is 4.15. The van der Waals surface area contributed by atoms with Gasteiger partial charge in [-0.2, -0.15) is 0 Å². The molecule has 2 aromatic rings. The number of benzene rings is 2. The molecule has 0 unspecified atom stereocenters. The van der Waals surface area contributed by atoms with Gasteiger partial charge in [0.15, 0.2) is 11.6 Å². The molecule has 0 radical (unpaired) electrons. The average molecular weight is 289 g/mol. The number of halogens is 2. The largest absolute Gasteiger partial charge is 0.485 e. The molecule has 0 aromatic heterocycles. The minimum Gasteiger partial charge on any atom is -0.485 e. The van der Waals surface area contributed by atoms with Gasteiger partial charge < -0.3 is 10.1 Å². The maximum atomic E-state index is 13.9. The third-order valence-electron chi connectivity index (χ3n) is 3.48. The van der Waals surface area contributed by atoms with Crippen LogP contribution in [0.1, 0.15) is 24.0 Å². The lowest BCUT2D eigenvalue weighted by molar-refractivity contribution is 0.285. The van der Waals surface area contributed by atoms with E-state index >= 15 is 0 Å². The van der Waals surface area contributed by atoms with E-state index in [1.807, 2.05) is 6.07 Å². The lowest BCUT2D eigenvalue weighted by Gasteiger charge is -2.13. The standard InChI is InChI=1S/C17H17F2NO/c18-14-5-1-3-12(9-14)11-21-17-13(4-2-6-16(17)19)10-20-15-7-8-15/h1-6,9,15,20H,7-8,10-11H2. The molecule has 0 spiro atoms. The van der Waals surface area contributed by atoms with Crippen molar-refractivity contribution in [1.82, 2.24) is 5.32 Å². The molecule has 1 aliphatic rings. The Hall–Kier alpha value is -1.94. The van der Waals surface area contributed by atoms with Gasteiger partial charge in [0.25, 0.3) is 0 Å². The molecule has 21 heavy (non-hydrogen) atoms. The molecule has 4 heteroatoms. The Morgan fingerprint density at radius 2 is 1.90 bits per heavy atom. The Morgan fingerprint density at radius 1 is 1.10 bits per heavy atom. The topological polar surface area (TPSA) is 21.3 Å². The fourth-order valence-corrected chi connectivity index (χ4v) is 2.18. The van der Waals surface area contributed by atoms with Gasteiger partial charge in [0.1, 0.15) is 12.4 Å². The monoisotopic (exact) mass is 289 g/mol. The lowest BCUT2D eigenvalue weighted by Crippen LogP contribution is -2.16. The van der Waals surface area contributed by atoms with Crippen molar-refractivity contribution in [2.45, 2.75) is 32.0 Å². The van der Waals surface area contributed by atoms with E-state index in [1.165, 1.54) is 31.0 Å². The van der Waals surface area contributed by atoms with Crippen LogP contribution < -0.4 is 10.1 Å². The van der Waals surface area contributed by atoms with Crippen LogP contribution in [0.3, 0.4) is 0 Å². The summed E-state index contributed by atoms with van der Waals surface area (Å²) in [6.07, 6.45) is 2.35. The van der Waals surface area contributed by atoms with Crippen LogP contribution in [0.5, 0.6) is 5.75 Å². The molecule has 1 saturated carbocycles. The van der Waals surface area contributed by atoms with Gasteiger partial charge in [-0.1, -0.05) is 24.3 Å². The summed E-state index contributed by atoms with van der Waals surface area (Å²) in [5, 5.41) is 3.34. The van der Waals surface area contributed by atoms with E-state index in [0.29, 0.717) is 18.2 Å². The van der Waals surface area contributed by atoms with Crippen LogP contribution in [0, 0.1) is 11.6 Å². The maximum absolute atomic E-state index is 13.9. The molecule has 3 rings (SSSR count). The van der Waals surface area contributed by atoms with Crippen LogP contribution >= 0.6 is 0 Å². The van der Waals surface area contributed by atoms with E-state index in [4.69, 9.17) is 4.74 Å². The van der Waals surface area contributed by atoms with Gasteiger partial charge in [0, 0.05) is 18.2 Å². The summed E-state index contributed by atoms with van der Waals surface area (Å²) in [6.45, 7) is 0.732. The molecule has 2 aromatic carbocycles. The Morgan fingerprint density at radius 3 is 2.67 bits per heavy atom. The molecule has 0 atom stereocenters. The van der Waals surface area contributed by atoms with Gasteiger partial charge in [-0.3, -0.25) is 0 Å². The number of hydrogen-bond donors (Lipinski definition) is 1. The zero-order valence-electron chi connectivity index (χ0n) is 11.6. The van der Waals surface area contributed by atoms with Crippen LogP contribution in [0.4, 0.5) is 8.78 Å². The summed E-state index contributed by atoms with van der Waals surface area (Å²) in [7, 11) is 0. The first kappa shape index (κ1) is 14.0. The fourth-order valence-electron chi connectivity index (χ4n) is 2.18. The minimum atomic E-state index is -0.387. The maximum Gasteiger partial charge on any atom is 0.165 e. The Labute approximate surface area is 122 Å². The third kappa shape index (κ3) is 3.79. The lowest BCUT2D eigenvalue weighted by atomic mass is 10.2. The Bertz CT molecular complexity index is 626. The molecular weight excluding hydrogens is 272 g/mol. The molecule has 0 aliphatic heterocycles. The van der Waals surface area contributed by atoms with E-state index < -0.39 is 0 Å². The molecule has 1 fully saturated rings. The molecule has 0 bridgehead atoms. The van der Waals surface area contributed by atoms with Crippen molar-refractivity contribution in [3.63, 3.8) is 0 Å². The number of hydrogen-bond acceptors (Lipinski definition) is 2. The van der Waals surface area contributed by atoms with Gasteiger partial charge in [-0.05, 0) is 36.6 Å². The van der Waals surface area contributed by atoms with Crippen molar-refractivity contribution in [3.8, 4) is 5.75 Å². The smallest absolute Gasteiger partial charge is 0.165 e. The average Bonchev–Trinajstić information content (AvgIpc) is 3.28. The molecule has 1 N–H and O–H groups in total. The summed E-state index contributed by atoms with van der Waals surface area (Å²) >= 11 is 0. The normalized spacial score (nSPS) is 14.2. The van der Waals surface area contributed by atoms with E-state index in [-0.39, 0.29) is 24.0 Å². The predicted molar refractivity (Wildman–Crippen MR) is 77.0 cm³/mol. The number of rotatable bonds is 6. The molecule has 110 valence electrons. The first-order chi connectivity index (χ1) is 10.2. The summed E-state index contributed by atoms with van der Waals surface area (Å²) < 4.78 is 32.7. The summed E-state index contributed by atoms with van der Waals surface area (Å²) in [5.41, 5.74) is 1.47. The quantitative estimate of drug-likeness (QED) is 0.873. The van der Waals surface area contributed by atoms with Crippen LogP contribution in [-0.4, -0.2) is 6.04 Å². The highest BCUT2D eigenvalue weighted by atomic mass is 19.1. The van der Waals surface area contributed by atoms with E-state index in [0.717, 1.165) is 5.56 Å². The zero-order valence-corrected chi connectivity index (χ0v) is 11.6. The molecule has 0 amide bonds. The molecular formula is C17H17F2NO. The summed E-state index contributed by atoms with van der Waals surface area (Å²) in [6, 6.07) is 11.6. The SMILES string of the molecule is Fc1cccc(COc2c(F)cccc2CNC2CC2)c1. The van der Waals surface area contributed by atoms with Crippen molar-refractivity contribution in [3.05, 3.63) is 65.2 Å². The molecule has 2 nitrogen and oxygen atoms in total. The third-order valence-corrected chi connectivity index (χ3v) is 3.48.